The van der Waals surface area contributed by atoms with Gasteiger partial charge in [-0.05, 0) is 80.3 Å². The number of amides is 2. The summed E-state index contributed by atoms with van der Waals surface area (Å²) in [7, 11) is -4.22. The van der Waals surface area contributed by atoms with Gasteiger partial charge in [0.25, 0.3) is 10.0 Å². The van der Waals surface area contributed by atoms with Crippen molar-refractivity contribution < 1.29 is 18.0 Å². The maximum absolute atomic E-state index is 14.6. The third-order valence-electron chi connectivity index (χ3n) is 7.87. The Hall–Kier alpha value is -3.66. The van der Waals surface area contributed by atoms with Gasteiger partial charge in [0.15, 0.2) is 0 Å². The second-order valence-corrected chi connectivity index (χ2v) is 14.6. The highest BCUT2D eigenvalue weighted by atomic mass is 79.9. The molecule has 0 aliphatic rings. The van der Waals surface area contributed by atoms with Crippen LogP contribution in [0.15, 0.2) is 106 Å². The Bertz CT molecular complexity index is 1750. The molecule has 0 bridgehead atoms. The molecule has 4 aromatic rings. The van der Waals surface area contributed by atoms with Crippen molar-refractivity contribution in [3.05, 3.63) is 129 Å². The number of carbonyl (C=O) groups excluding carboxylic acids is 2. The molecule has 46 heavy (non-hydrogen) atoms. The molecule has 0 aliphatic heterocycles. The van der Waals surface area contributed by atoms with Gasteiger partial charge < -0.3 is 10.2 Å². The molecule has 2 amide bonds. The molecule has 0 heterocycles. The number of hydrogen-bond acceptors (Lipinski definition) is 4. The molecular formula is C36H39BrClN3O4S. The summed E-state index contributed by atoms with van der Waals surface area (Å²) in [5.41, 5.74) is 3.47. The number of aryl methyl sites for hydroxylation is 2. The molecule has 2 atom stereocenters. The number of nitrogens with one attached hydrogen (secondary N) is 1. The molecule has 7 nitrogen and oxygen atoms in total. The third-order valence-corrected chi connectivity index (χ3v) is 10.4. The lowest BCUT2D eigenvalue weighted by atomic mass is 10.0. The fourth-order valence-electron chi connectivity index (χ4n) is 4.98. The number of hydrogen-bond donors (Lipinski definition) is 1. The lowest BCUT2D eigenvalue weighted by Crippen LogP contribution is -2.54. The molecule has 2 unspecified atom stereocenters. The number of carbonyl (C=O) groups is 2. The van der Waals surface area contributed by atoms with E-state index in [1.54, 1.807) is 37.3 Å². The minimum Gasteiger partial charge on any atom is -0.352 e. The van der Waals surface area contributed by atoms with Crippen LogP contribution in [0.25, 0.3) is 0 Å². The molecule has 0 spiro atoms. The van der Waals surface area contributed by atoms with Crippen LogP contribution in [0.5, 0.6) is 0 Å². The van der Waals surface area contributed by atoms with E-state index < -0.39 is 28.5 Å². The van der Waals surface area contributed by atoms with Gasteiger partial charge in [0.1, 0.15) is 12.6 Å². The first-order valence-electron chi connectivity index (χ1n) is 15.1. The zero-order valence-corrected chi connectivity index (χ0v) is 29.6. The van der Waals surface area contributed by atoms with Gasteiger partial charge in [-0.25, -0.2) is 8.42 Å². The Kier molecular flexibility index (Phi) is 12.1. The first-order valence-corrected chi connectivity index (χ1v) is 17.7. The Balaban J connectivity index is 1.83. The Morgan fingerprint density at radius 2 is 1.54 bits per heavy atom. The van der Waals surface area contributed by atoms with E-state index in [9.17, 15) is 18.0 Å². The van der Waals surface area contributed by atoms with Crippen molar-refractivity contribution >= 4 is 55.1 Å². The van der Waals surface area contributed by atoms with Gasteiger partial charge in [-0.1, -0.05) is 101 Å². The molecule has 0 fully saturated rings. The topological polar surface area (TPSA) is 86.8 Å². The van der Waals surface area contributed by atoms with Crippen LogP contribution in [0.3, 0.4) is 0 Å². The predicted molar refractivity (Wildman–Crippen MR) is 188 cm³/mol. The van der Waals surface area contributed by atoms with Gasteiger partial charge in [0.2, 0.25) is 11.8 Å². The number of nitrogens with zero attached hydrogens (tertiary/aromatic N) is 2. The van der Waals surface area contributed by atoms with Gasteiger partial charge in [0, 0.05) is 28.5 Å². The lowest BCUT2D eigenvalue weighted by Gasteiger charge is -2.34. The van der Waals surface area contributed by atoms with Crippen molar-refractivity contribution in [3.63, 3.8) is 0 Å². The van der Waals surface area contributed by atoms with Crippen molar-refractivity contribution in [2.45, 2.75) is 64.1 Å². The molecule has 0 saturated carbocycles. The largest absolute Gasteiger partial charge is 0.352 e. The highest BCUT2D eigenvalue weighted by Gasteiger charge is 2.35. The summed E-state index contributed by atoms with van der Waals surface area (Å²) < 4.78 is 30.5. The minimum atomic E-state index is -4.22. The fourth-order valence-corrected chi connectivity index (χ4v) is 6.88. The number of anilines is 1. The average Bonchev–Trinajstić information content (AvgIpc) is 3.04. The van der Waals surface area contributed by atoms with Crippen molar-refractivity contribution in [2.24, 2.45) is 0 Å². The second-order valence-electron chi connectivity index (χ2n) is 11.4. The Morgan fingerprint density at radius 3 is 2.17 bits per heavy atom. The summed E-state index contributed by atoms with van der Waals surface area (Å²) in [5, 5.41) is 3.39. The van der Waals surface area contributed by atoms with Crippen LogP contribution in [0, 0.1) is 13.8 Å². The predicted octanol–water partition coefficient (Wildman–Crippen LogP) is 7.47. The Morgan fingerprint density at radius 1 is 0.891 bits per heavy atom. The summed E-state index contributed by atoms with van der Waals surface area (Å²) in [6.45, 7) is 7.07. The van der Waals surface area contributed by atoms with Crippen LogP contribution < -0.4 is 9.62 Å². The van der Waals surface area contributed by atoms with E-state index in [4.69, 9.17) is 11.6 Å². The molecule has 0 aromatic heterocycles. The van der Waals surface area contributed by atoms with Gasteiger partial charge in [-0.3, -0.25) is 13.9 Å². The van der Waals surface area contributed by atoms with Crippen LogP contribution in [-0.4, -0.2) is 43.8 Å². The van der Waals surface area contributed by atoms with E-state index in [0.29, 0.717) is 17.0 Å². The van der Waals surface area contributed by atoms with Crippen molar-refractivity contribution in [3.8, 4) is 0 Å². The second kappa shape index (κ2) is 15.8. The fraction of sp³-hybridized carbons (Fsp3) is 0.278. The van der Waals surface area contributed by atoms with Gasteiger partial charge in [0.05, 0.1) is 10.6 Å². The van der Waals surface area contributed by atoms with E-state index in [1.807, 2.05) is 75.4 Å². The van der Waals surface area contributed by atoms with Crippen LogP contribution in [-0.2, 0) is 32.6 Å². The number of benzene rings is 4. The normalized spacial score (nSPS) is 12.7. The van der Waals surface area contributed by atoms with Crippen LogP contribution in [0.4, 0.5) is 5.69 Å². The van der Waals surface area contributed by atoms with E-state index in [1.165, 1.54) is 17.0 Å². The van der Waals surface area contributed by atoms with E-state index in [2.05, 4.69) is 21.2 Å². The third kappa shape index (κ3) is 8.99. The Labute approximate surface area is 285 Å². The maximum Gasteiger partial charge on any atom is 0.264 e. The molecule has 1 N–H and O–H groups in total. The first-order chi connectivity index (χ1) is 21.9. The van der Waals surface area contributed by atoms with Crippen molar-refractivity contribution in [1.82, 2.24) is 10.2 Å². The van der Waals surface area contributed by atoms with Crippen LogP contribution in [0.2, 0.25) is 5.02 Å². The molecule has 0 saturated heterocycles. The van der Waals surface area contributed by atoms with Crippen molar-refractivity contribution in [1.29, 1.82) is 0 Å². The van der Waals surface area contributed by atoms with Gasteiger partial charge in [-0.2, -0.15) is 0 Å². The van der Waals surface area contributed by atoms with Crippen LogP contribution in [0.1, 0.15) is 42.5 Å². The summed E-state index contributed by atoms with van der Waals surface area (Å²) in [6.07, 6.45) is 0.952. The average molecular weight is 725 g/mol. The van der Waals surface area contributed by atoms with E-state index in [0.717, 1.165) is 25.5 Å². The smallest absolute Gasteiger partial charge is 0.264 e. The lowest BCUT2D eigenvalue weighted by molar-refractivity contribution is -0.140. The summed E-state index contributed by atoms with van der Waals surface area (Å²) in [5.74, 6) is -0.839. The van der Waals surface area contributed by atoms with Crippen molar-refractivity contribution in [2.75, 3.05) is 10.8 Å². The van der Waals surface area contributed by atoms with Gasteiger partial charge >= 0.3 is 0 Å². The number of rotatable bonds is 13. The SMILES string of the molecule is CCC(C)NC(=O)C(Cc1ccccc1)N(Cc1ccc(Br)cc1)C(=O)CN(c1cc(Cl)ccc1C)S(=O)(=O)c1ccc(C)cc1. The quantitative estimate of drug-likeness (QED) is 0.155. The zero-order valence-electron chi connectivity index (χ0n) is 26.4. The van der Waals surface area contributed by atoms with E-state index in [-0.39, 0.29) is 35.5 Å². The van der Waals surface area contributed by atoms with Gasteiger partial charge in [-0.15, -0.1) is 0 Å². The van der Waals surface area contributed by atoms with Crippen LogP contribution >= 0.6 is 27.5 Å². The molecule has 0 aliphatic carbocycles. The number of halogens is 2. The highest BCUT2D eigenvalue weighted by molar-refractivity contribution is 9.10. The summed E-state index contributed by atoms with van der Waals surface area (Å²) in [6, 6.07) is 27.4. The number of sulfonamides is 1. The zero-order chi connectivity index (χ0) is 33.4. The molecule has 0 radical (unpaired) electrons. The summed E-state index contributed by atoms with van der Waals surface area (Å²) >= 11 is 9.83. The minimum absolute atomic E-state index is 0.0417. The summed E-state index contributed by atoms with van der Waals surface area (Å²) in [4.78, 5) is 30.1. The molecular weight excluding hydrogens is 686 g/mol. The molecule has 4 rings (SSSR count). The maximum atomic E-state index is 14.6. The monoisotopic (exact) mass is 723 g/mol. The highest BCUT2D eigenvalue weighted by Crippen LogP contribution is 2.30. The molecule has 10 heteroatoms. The molecule has 4 aromatic carbocycles. The molecule has 242 valence electrons. The van der Waals surface area contributed by atoms with E-state index >= 15 is 0 Å². The standard InChI is InChI=1S/C36H39BrClN3O4S/c1-5-27(4)39-36(43)34(21-28-9-7-6-8-10-28)40(23-29-14-16-30(37)17-15-29)35(42)24-41(33-22-31(38)18-13-26(33)3)46(44,45)32-19-11-25(2)12-20-32/h6-20,22,27,34H,5,21,23-24H2,1-4H3,(H,39,43). The first kappa shape index (κ1) is 35.2.